The molecule has 1 aliphatic heterocycles. The van der Waals surface area contributed by atoms with Gasteiger partial charge in [0.2, 0.25) is 0 Å². The number of halogens is 1. The number of nitrogens with one attached hydrogen (secondary N) is 1. The van der Waals surface area contributed by atoms with Crippen molar-refractivity contribution in [2.45, 2.75) is 44.2 Å². The Labute approximate surface area is 148 Å². The lowest BCUT2D eigenvalue weighted by molar-refractivity contribution is -0.217. The topological polar surface area (TPSA) is 140 Å². The highest BCUT2D eigenvalue weighted by Gasteiger charge is 2.57. The van der Waals surface area contributed by atoms with E-state index in [1.165, 1.54) is 0 Å². The van der Waals surface area contributed by atoms with Gasteiger partial charge in [-0.3, -0.25) is 19.1 Å². The molecule has 1 fully saturated rings. The molecule has 5 N–H and O–H groups in total. The number of aliphatic hydroxyl groups excluding tert-OH is 2. The van der Waals surface area contributed by atoms with E-state index in [9.17, 15) is 24.2 Å². The molecule has 1 aromatic heterocycles. The molecule has 2 rings (SSSR count). The van der Waals surface area contributed by atoms with E-state index in [0.717, 1.165) is 16.8 Å². The highest BCUT2D eigenvalue weighted by atomic mass is 32.1. The van der Waals surface area contributed by atoms with E-state index in [4.69, 9.17) is 28.8 Å². The molecule has 11 heteroatoms. The number of alkyl halides is 1. The molecule has 1 aromatic rings. The van der Waals surface area contributed by atoms with Crippen LogP contribution in [0, 0.1) is 10.7 Å². The zero-order valence-corrected chi connectivity index (χ0v) is 14.3. The number of rotatable bonds is 5. The van der Waals surface area contributed by atoms with Crippen molar-refractivity contribution in [3.63, 3.8) is 0 Å². The molecule has 25 heavy (non-hydrogen) atoms. The predicted molar refractivity (Wildman–Crippen MR) is 85.6 cm³/mol. The molecule has 0 bridgehead atoms. The van der Waals surface area contributed by atoms with Gasteiger partial charge in [0.25, 0.3) is 11.4 Å². The van der Waals surface area contributed by atoms with Gasteiger partial charge in [0, 0.05) is 12.3 Å². The largest absolute Gasteiger partial charge is 0.458 e. The van der Waals surface area contributed by atoms with Crippen LogP contribution < -0.4 is 11.3 Å². The fourth-order valence-electron chi connectivity index (χ4n) is 2.10. The fraction of sp³-hybridized carbons (Fsp3) is 0.643. The van der Waals surface area contributed by atoms with E-state index in [2.05, 4.69) is 4.98 Å². The van der Waals surface area contributed by atoms with Crippen molar-refractivity contribution >= 4 is 18.2 Å². The average Bonchev–Trinajstić information content (AvgIpc) is 2.73. The quantitative estimate of drug-likeness (QED) is 0.391. The van der Waals surface area contributed by atoms with Crippen LogP contribution in [0.5, 0.6) is 0 Å². The second kappa shape index (κ2) is 7.30. The first-order chi connectivity index (χ1) is 11.9. The van der Waals surface area contributed by atoms with Gasteiger partial charge in [0.15, 0.2) is 17.6 Å². The number of nitrogens with zero attached hydrogens (tertiary/aromatic N) is 1. The van der Waals surface area contributed by atoms with Crippen molar-refractivity contribution in [1.82, 2.24) is 9.55 Å². The number of hydrogen-bond acceptors (Lipinski definition) is 8. The van der Waals surface area contributed by atoms with Gasteiger partial charge in [-0.15, -0.1) is 0 Å². The van der Waals surface area contributed by atoms with Gasteiger partial charge >= 0.3 is 5.97 Å². The SMILES string of the molecule is [2H][C@@]1(n2ccc(=O)[nH]c2=S)O[C@](F)(COC(=O)[C@@H](N)C(C)C)[C@@H](O)[C@H]1O. The smallest absolute Gasteiger partial charge is 0.323 e. The molecule has 0 aliphatic carbocycles. The van der Waals surface area contributed by atoms with Gasteiger partial charge in [0.1, 0.15) is 18.2 Å². The van der Waals surface area contributed by atoms with E-state index >= 15 is 0 Å². The van der Waals surface area contributed by atoms with Gasteiger partial charge in [-0.1, -0.05) is 13.8 Å². The van der Waals surface area contributed by atoms with Crippen LogP contribution in [0.25, 0.3) is 0 Å². The number of aromatic amines is 1. The van der Waals surface area contributed by atoms with Crippen molar-refractivity contribution < 1.29 is 30.2 Å². The summed E-state index contributed by atoms with van der Waals surface area (Å²) in [5.41, 5.74) is 5.01. The average molecular weight is 378 g/mol. The lowest BCUT2D eigenvalue weighted by Crippen LogP contribution is -2.46. The van der Waals surface area contributed by atoms with Crippen LogP contribution in [0.1, 0.15) is 21.4 Å². The minimum atomic E-state index is -3.08. The minimum absolute atomic E-state index is 0.271. The van der Waals surface area contributed by atoms with Crippen molar-refractivity contribution in [2.24, 2.45) is 11.7 Å². The van der Waals surface area contributed by atoms with Crippen LogP contribution >= 0.6 is 12.2 Å². The number of carbonyl (C=O) groups is 1. The number of aliphatic hydroxyl groups is 2. The van der Waals surface area contributed by atoms with E-state index in [1.54, 1.807) is 13.8 Å². The molecule has 0 unspecified atom stereocenters. The Morgan fingerprint density at radius 2 is 2.32 bits per heavy atom. The maximum Gasteiger partial charge on any atom is 0.323 e. The Bertz CT molecular complexity index is 803. The summed E-state index contributed by atoms with van der Waals surface area (Å²) in [5.74, 6) is -4.28. The Morgan fingerprint density at radius 1 is 1.68 bits per heavy atom. The van der Waals surface area contributed by atoms with Crippen LogP contribution in [0.3, 0.4) is 0 Å². The zero-order chi connectivity index (χ0) is 19.9. The summed E-state index contributed by atoms with van der Waals surface area (Å²) >= 11 is 4.87. The number of aromatic nitrogens is 2. The van der Waals surface area contributed by atoms with Gasteiger partial charge < -0.3 is 25.4 Å². The maximum atomic E-state index is 15.0. The monoisotopic (exact) mass is 378 g/mol. The number of H-pyrrole nitrogens is 1. The molecule has 140 valence electrons. The Hall–Kier alpha value is -1.66. The lowest BCUT2D eigenvalue weighted by atomic mass is 10.1. The summed E-state index contributed by atoms with van der Waals surface area (Å²) in [4.78, 5) is 25.2. The van der Waals surface area contributed by atoms with Crippen LogP contribution in [0.2, 0.25) is 0 Å². The van der Waals surface area contributed by atoms with Gasteiger partial charge in [-0.25, -0.2) is 4.39 Å². The summed E-state index contributed by atoms with van der Waals surface area (Å²) in [6.07, 6.45) is -5.90. The molecule has 5 atom stereocenters. The van der Waals surface area contributed by atoms with Crippen molar-refractivity contribution in [3.8, 4) is 0 Å². The minimum Gasteiger partial charge on any atom is -0.458 e. The third kappa shape index (κ3) is 3.96. The first kappa shape index (κ1) is 18.1. The Morgan fingerprint density at radius 3 is 2.88 bits per heavy atom. The van der Waals surface area contributed by atoms with Crippen molar-refractivity contribution in [3.05, 3.63) is 27.4 Å². The van der Waals surface area contributed by atoms with E-state index in [-0.39, 0.29) is 10.7 Å². The number of carbonyl (C=O) groups excluding carboxylic acids is 1. The molecule has 2 heterocycles. The summed E-state index contributed by atoms with van der Waals surface area (Å²) in [5, 5.41) is 20.1. The zero-order valence-electron chi connectivity index (χ0n) is 14.5. The van der Waals surface area contributed by atoms with Gasteiger partial charge in [-0.2, -0.15) is 0 Å². The number of esters is 1. The first-order valence-electron chi connectivity index (χ1n) is 7.92. The molecule has 0 saturated carbocycles. The second-order valence-corrected chi connectivity index (χ2v) is 6.36. The predicted octanol–water partition coefficient (Wildman–Crippen LogP) is -0.651. The van der Waals surface area contributed by atoms with E-state index in [1.807, 2.05) is 0 Å². The highest BCUT2D eigenvalue weighted by molar-refractivity contribution is 7.71. The number of hydrogen-bond donors (Lipinski definition) is 4. The molecule has 0 amide bonds. The van der Waals surface area contributed by atoms with E-state index in [0.29, 0.717) is 0 Å². The van der Waals surface area contributed by atoms with Crippen LogP contribution in [-0.2, 0) is 14.3 Å². The van der Waals surface area contributed by atoms with Gasteiger partial charge in [0.05, 0.1) is 1.37 Å². The first-order valence-corrected chi connectivity index (χ1v) is 7.83. The molecular weight excluding hydrogens is 357 g/mol. The van der Waals surface area contributed by atoms with Crippen LogP contribution in [0.4, 0.5) is 4.39 Å². The maximum absolute atomic E-state index is 15.0. The summed E-state index contributed by atoms with van der Waals surface area (Å²) in [6, 6.07) is -0.0373. The normalized spacial score (nSPS) is 34.0. The second-order valence-electron chi connectivity index (χ2n) is 5.97. The summed E-state index contributed by atoms with van der Waals surface area (Å²) in [7, 11) is 0. The van der Waals surface area contributed by atoms with Crippen molar-refractivity contribution in [1.29, 1.82) is 0 Å². The summed E-state index contributed by atoms with van der Waals surface area (Å²) < 4.78 is 33.3. The molecular formula is C14H20FN3O6S. The van der Waals surface area contributed by atoms with Crippen LogP contribution in [0.15, 0.2) is 17.1 Å². The van der Waals surface area contributed by atoms with Gasteiger partial charge in [-0.05, 0) is 18.1 Å². The third-order valence-electron chi connectivity index (χ3n) is 3.73. The Kier molecular flexibility index (Phi) is 5.29. The lowest BCUT2D eigenvalue weighted by Gasteiger charge is -2.24. The summed E-state index contributed by atoms with van der Waals surface area (Å²) in [6.45, 7) is 2.23. The molecule has 1 aliphatic rings. The third-order valence-corrected chi connectivity index (χ3v) is 4.03. The fourth-order valence-corrected chi connectivity index (χ4v) is 2.35. The number of ether oxygens (including phenoxy) is 2. The molecule has 0 spiro atoms. The molecule has 1 saturated heterocycles. The standard InChI is InChI=1S/C14H20FN3O6S/c1-6(2)8(16)12(22)23-5-14(15)10(21)9(20)11(24-14)18-4-3-7(19)17-13(18)25/h3-4,6,8-11,20-21H,5,16H2,1-2H3,(H,17,19,25)/t8-,9+,10-,11+,14+/m0/s1/i11D. The highest BCUT2D eigenvalue weighted by Crippen LogP contribution is 2.38. The molecule has 9 nitrogen and oxygen atoms in total. The van der Waals surface area contributed by atoms with Crippen molar-refractivity contribution in [2.75, 3.05) is 6.61 Å². The molecule has 0 radical (unpaired) electrons. The van der Waals surface area contributed by atoms with Crippen LogP contribution in [-0.4, -0.2) is 56.4 Å². The van der Waals surface area contributed by atoms with E-state index < -0.39 is 48.4 Å². The Balaban J connectivity index is 2.26. The molecule has 0 aromatic carbocycles. The number of nitrogens with two attached hydrogens (primary N) is 1.